The zero-order valence-corrected chi connectivity index (χ0v) is 39.5. The predicted molar refractivity (Wildman–Crippen MR) is 298 cm³/mol. The minimum Gasteiger partial charge on any atom is -0.355 e. The molecule has 1 aliphatic carbocycles. The summed E-state index contributed by atoms with van der Waals surface area (Å²) in [5.74, 6) is 0. The van der Waals surface area contributed by atoms with Crippen molar-refractivity contribution >= 4 is 44.9 Å². The summed E-state index contributed by atoms with van der Waals surface area (Å²) in [4.78, 5) is 2.48. The summed E-state index contributed by atoms with van der Waals surface area (Å²) in [6, 6.07) is 84.3. The van der Waals surface area contributed by atoms with E-state index in [4.69, 9.17) is 0 Å². The van der Waals surface area contributed by atoms with E-state index in [-0.39, 0.29) is 5.41 Å². The predicted octanol–water partition coefficient (Wildman–Crippen LogP) is 18.7. The number of para-hydroxylation sites is 1. The molecule has 0 bridgehead atoms. The van der Waals surface area contributed by atoms with Crippen molar-refractivity contribution in [3.05, 3.63) is 266 Å². The van der Waals surface area contributed by atoms with Crippen molar-refractivity contribution in [1.29, 1.82) is 0 Å². The van der Waals surface area contributed by atoms with Crippen LogP contribution in [0.15, 0.2) is 254 Å². The Morgan fingerprint density at radius 2 is 0.871 bits per heavy atom. The molecule has 0 fully saturated rings. The summed E-state index contributed by atoms with van der Waals surface area (Å²) >= 11 is 0. The lowest BCUT2D eigenvalue weighted by Gasteiger charge is -2.42. The number of nitrogens with one attached hydrogen (secondary N) is 2. The van der Waals surface area contributed by atoms with E-state index in [1.807, 2.05) is 0 Å². The van der Waals surface area contributed by atoms with E-state index in [0.29, 0.717) is 0 Å². The Bertz CT molecular complexity index is 3610. The van der Waals surface area contributed by atoms with Gasteiger partial charge in [0.05, 0.1) is 11.4 Å². The fourth-order valence-corrected chi connectivity index (χ4v) is 10.5. The minimum atomic E-state index is -0.348. The molecule has 2 aliphatic rings. The molecule has 0 aromatic heterocycles. The monoisotopic (exact) mass is 899 g/mol. The maximum absolute atomic E-state index is 3.76. The fourth-order valence-electron chi connectivity index (χ4n) is 10.5. The van der Waals surface area contributed by atoms with Crippen molar-refractivity contribution in [2.75, 3.05) is 15.5 Å². The van der Waals surface area contributed by atoms with E-state index in [0.717, 1.165) is 46.9 Å². The van der Waals surface area contributed by atoms with Crippen LogP contribution in [-0.2, 0) is 5.41 Å². The molecule has 0 atom stereocenters. The third-order valence-electron chi connectivity index (χ3n) is 14.2. The molecule has 0 saturated carbocycles. The van der Waals surface area contributed by atoms with Gasteiger partial charge in [-0.3, -0.25) is 0 Å². The average molecular weight is 900 g/mol. The van der Waals surface area contributed by atoms with Crippen molar-refractivity contribution in [3.8, 4) is 55.6 Å². The number of fused-ring (bicyclic) bond motifs is 3. The minimum absolute atomic E-state index is 0.348. The number of allylic oxidation sites excluding steroid dienone is 3. The normalized spacial score (nSPS) is 13.6. The second-order valence-electron chi connectivity index (χ2n) is 19.0. The summed E-state index contributed by atoms with van der Waals surface area (Å²) in [5, 5.41) is 9.96. The molecule has 1 aliphatic heterocycles. The summed E-state index contributed by atoms with van der Waals surface area (Å²) in [7, 11) is 0. The number of rotatable bonds is 10. The Hall–Kier alpha value is -8.66. The van der Waals surface area contributed by atoms with Crippen molar-refractivity contribution in [3.63, 3.8) is 0 Å². The second-order valence-corrected chi connectivity index (χ2v) is 19.0. The second kappa shape index (κ2) is 18.1. The molecule has 3 nitrogen and oxygen atoms in total. The lowest BCUT2D eigenvalue weighted by molar-refractivity contribution is 0.632. The SMILES string of the molecule is CC1(C)c2cc(-c3ccc(NC4=CCCC=C4)c(-c4ccccc4)c3)ccc2N(c2ccc(-c3ccc4ccccc4c3)cc2)c2ccc(-c3ccc(Nc4ccccc4)c(-c4ccccc4)c3)cc21. The molecule has 1 heterocycles. The zero-order valence-electron chi connectivity index (χ0n) is 39.5. The van der Waals surface area contributed by atoms with Crippen LogP contribution in [0.5, 0.6) is 0 Å². The lowest BCUT2D eigenvalue weighted by atomic mass is 9.72. The Labute approximate surface area is 411 Å². The molecule has 10 aromatic rings. The third kappa shape index (κ3) is 8.16. The quantitative estimate of drug-likeness (QED) is 0.143. The van der Waals surface area contributed by atoms with E-state index >= 15 is 0 Å². The van der Waals surface area contributed by atoms with Gasteiger partial charge in [0.15, 0.2) is 0 Å². The molecule has 12 rings (SSSR count). The molecule has 0 saturated heterocycles. The van der Waals surface area contributed by atoms with Crippen LogP contribution in [0.25, 0.3) is 66.4 Å². The number of anilines is 6. The standard InChI is InChI=1S/C67H53N3/c1-67(2)61-44-54(52-31-37-63(68-56-23-11-5-12-24-56)59(42-52)48-18-7-3-8-19-48)33-39-65(61)70(58-35-29-47(30-36-58)51-28-27-46-17-15-16-22-50(46)41-51)66-40-34-55(45-62(66)67)53-32-38-64(69-57-25-13-6-14-26-57)60(43-53)49-20-9-4-10-21-49/h3-5,7-13,15-45,68-69H,6,14H2,1-2H3. The average Bonchev–Trinajstić information content (AvgIpc) is 3.42. The third-order valence-corrected chi connectivity index (χ3v) is 14.2. The van der Waals surface area contributed by atoms with Crippen LogP contribution in [0.4, 0.5) is 34.1 Å². The first-order valence-electron chi connectivity index (χ1n) is 24.5. The van der Waals surface area contributed by atoms with E-state index in [1.165, 1.54) is 83.3 Å². The molecule has 3 heteroatoms. The molecule has 336 valence electrons. The number of benzene rings is 10. The van der Waals surface area contributed by atoms with Gasteiger partial charge in [-0.2, -0.15) is 0 Å². The van der Waals surface area contributed by atoms with Crippen LogP contribution in [0.2, 0.25) is 0 Å². The fraction of sp³-hybridized carbons (Fsp3) is 0.0746. The van der Waals surface area contributed by atoms with Crippen LogP contribution >= 0.6 is 0 Å². The largest absolute Gasteiger partial charge is 0.355 e. The van der Waals surface area contributed by atoms with Gasteiger partial charge < -0.3 is 15.5 Å². The maximum Gasteiger partial charge on any atom is 0.0503 e. The summed E-state index contributed by atoms with van der Waals surface area (Å²) in [6.45, 7) is 4.79. The Morgan fingerprint density at radius 1 is 0.386 bits per heavy atom. The van der Waals surface area contributed by atoms with Crippen molar-refractivity contribution in [2.45, 2.75) is 32.1 Å². The molecule has 2 N–H and O–H groups in total. The van der Waals surface area contributed by atoms with Crippen LogP contribution in [0.1, 0.15) is 37.8 Å². The van der Waals surface area contributed by atoms with E-state index in [2.05, 4.69) is 278 Å². The van der Waals surface area contributed by atoms with Crippen LogP contribution in [-0.4, -0.2) is 0 Å². The summed E-state index contributed by atoms with van der Waals surface area (Å²) < 4.78 is 0. The van der Waals surface area contributed by atoms with Crippen LogP contribution in [0.3, 0.4) is 0 Å². The van der Waals surface area contributed by atoms with E-state index in [9.17, 15) is 0 Å². The number of hydrogen-bond acceptors (Lipinski definition) is 3. The van der Waals surface area contributed by atoms with Gasteiger partial charge in [0.1, 0.15) is 0 Å². The zero-order chi connectivity index (χ0) is 47.0. The maximum atomic E-state index is 3.76. The Morgan fingerprint density at radius 3 is 1.46 bits per heavy atom. The first-order chi connectivity index (χ1) is 34.4. The van der Waals surface area contributed by atoms with E-state index in [1.54, 1.807) is 0 Å². The van der Waals surface area contributed by atoms with E-state index < -0.39 is 0 Å². The summed E-state index contributed by atoms with van der Waals surface area (Å²) in [6.07, 6.45) is 8.87. The first kappa shape index (κ1) is 42.7. The molecule has 0 spiro atoms. The molecule has 70 heavy (non-hydrogen) atoms. The van der Waals surface area contributed by atoms with Gasteiger partial charge in [-0.25, -0.2) is 0 Å². The topological polar surface area (TPSA) is 27.3 Å². The highest BCUT2D eigenvalue weighted by molar-refractivity contribution is 5.93. The highest BCUT2D eigenvalue weighted by Crippen LogP contribution is 2.54. The Balaban J connectivity index is 0.983. The van der Waals surface area contributed by atoms with Gasteiger partial charge in [-0.05, 0) is 164 Å². The van der Waals surface area contributed by atoms with Gasteiger partial charge in [0.2, 0.25) is 0 Å². The van der Waals surface area contributed by atoms with Crippen LogP contribution < -0.4 is 15.5 Å². The molecule has 0 radical (unpaired) electrons. The van der Waals surface area contributed by atoms with Gasteiger partial charge >= 0.3 is 0 Å². The van der Waals surface area contributed by atoms with Gasteiger partial charge in [0, 0.05) is 45.0 Å². The number of hydrogen-bond donors (Lipinski definition) is 2. The smallest absolute Gasteiger partial charge is 0.0503 e. The molecular formula is C67H53N3. The Kier molecular flexibility index (Phi) is 11.0. The highest BCUT2D eigenvalue weighted by atomic mass is 15.2. The van der Waals surface area contributed by atoms with Gasteiger partial charge in [0.25, 0.3) is 0 Å². The summed E-state index contributed by atoms with van der Waals surface area (Å²) in [5.41, 5.74) is 21.9. The lowest BCUT2D eigenvalue weighted by Crippen LogP contribution is -2.30. The van der Waals surface area contributed by atoms with Gasteiger partial charge in [-0.15, -0.1) is 0 Å². The molecule has 10 aromatic carbocycles. The van der Waals surface area contributed by atoms with Crippen molar-refractivity contribution < 1.29 is 0 Å². The highest BCUT2D eigenvalue weighted by Gasteiger charge is 2.37. The van der Waals surface area contributed by atoms with Gasteiger partial charge in [-0.1, -0.05) is 178 Å². The first-order valence-corrected chi connectivity index (χ1v) is 24.5. The van der Waals surface area contributed by atoms with Crippen LogP contribution in [0, 0.1) is 0 Å². The number of nitrogens with zero attached hydrogens (tertiary/aromatic N) is 1. The molecular weight excluding hydrogens is 847 g/mol. The van der Waals surface area contributed by atoms with Crippen molar-refractivity contribution in [1.82, 2.24) is 0 Å². The molecule has 0 unspecified atom stereocenters. The molecule has 0 amide bonds. The van der Waals surface area contributed by atoms with Crippen molar-refractivity contribution in [2.24, 2.45) is 0 Å².